The minimum Gasteiger partial charge on any atom is -0.364 e. The highest BCUT2D eigenvalue weighted by Gasteiger charge is 2.29. The quantitative estimate of drug-likeness (QED) is 0.810. The van der Waals surface area contributed by atoms with Crippen molar-refractivity contribution in [2.75, 3.05) is 18.5 Å². The van der Waals surface area contributed by atoms with Gasteiger partial charge in [-0.15, -0.1) is 0 Å². The minimum atomic E-state index is 0.576. The van der Waals surface area contributed by atoms with E-state index in [1.54, 1.807) is 0 Å². The van der Waals surface area contributed by atoms with Gasteiger partial charge in [0, 0.05) is 24.3 Å². The van der Waals surface area contributed by atoms with Crippen molar-refractivity contribution in [1.29, 1.82) is 0 Å². The summed E-state index contributed by atoms with van der Waals surface area (Å²) in [5, 5.41) is 3.29. The summed E-state index contributed by atoms with van der Waals surface area (Å²) in [5.74, 6) is 0. The summed E-state index contributed by atoms with van der Waals surface area (Å²) in [6.45, 7) is 5.60. The maximum absolute atomic E-state index is 3.29. The van der Waals surface area contributed by atoms with E-state index >= 15 is 0 Å². The molecular formula is C13H20N2. The second-order valence-corrected chi connectivity index (χ2v) is 4.55. The minimum absolute atomic E-state index is 0.576. The molecule has 1 N–H and O–H groups in total. The first kappa shape index (κ1) is 10.5. The Balaban J connectivity index is 2.29. The van der Waals surface area contributed by atoms with Crippen LogP contribution >= 0.6 is 0 Å². The fraction of sp³-hybridized carbons (Fsp3) is 0.538. The molecule has 2 heteroatoms. The van der Waals surface area contributed by atoms with Gasteiger partial charge in [0.25, 0.3) is 0 Å². The average Bonchev–Trinajstić information content (AvgIpc) is 2.56. The molecule has 0 saturated carbocycles. The lowest BCUT2D eigenvalue weighted by atomic mass is 10.1. The van der Waals surface area contributed by atoms with Crippen molar-refractivity contribution in [3.05, 3.63) is 29.8 Å². The van der Waals surface area contributed by atoms with Gasteiger partial charge in [-0.05, 0) is 38.9 Å². The SMILES string of the molecule is CNCC1Cc2ccccc2N1C(C)C. The molecule has 0 amide bonds. The summed E-state index contributed by atoms with van der Waals surface area (Å²) in [6.07, 6.45) is 1.18. The molecule has 1 aromatic rings. The fourth-order valence-corrected chi connectivity index (χ4v) is 2.59. The molecule has 2 rings (SSSR count). The van der Waals surface area contributed by atoms with Crippen molar-refractivity contribution in [2.45, 2.75) is 32.4 Å². The van der Waals surface area contributed by atoms with Crippen molar-refractivity contribution in [3.63, 3.8) is 0 Å². The number of nitrogens with zero attached hydrogens (tertiary/aromatic N) is 1. The molecule has 2 nitrogen and oxygen atoms in total. The summed E-state index contributed by atoms with van der Waals surface area (Å²) < 4.78 is 0. The highest BCUT2D eigenvalue weighted by Crippen LogP contribution is 2.33. The number of rotatable bonds is 3. The number of benzene rings is 1. The van der Waals surface area contributed by atoms with Crippen molar-refractivity contribution >= 4 is 5.69 Å². The van der Waals surface area contributed by atoms with E-state index in [2.05, 4.69) is 48.3 Å². The topological polar surface area (TPSA) is 15.3 Å². The van der Waals surface area contributed by atoms with Crippen LogP contribution in [0.1, 0.15) is 19.4 Å². The number of hydrogen-bond donors (Lipinski definition) is 1. The van der Waals surface area contributed by atoms with Crippen LogP contribution in [0.15, 0.2) is 24.3 Å². The van der Waals surface area contributed by atoms with E-state index in [0.717, 1.165) is 6.54 Å². The molecule has 82 valence electrons. The van der Waals surface area contributed by atoms with Crippen LogP contribution in [-0.2, 0) is 6.42 Å². The van der Waals surface area contributed by atoms with Crippen molar-refractivity contribution in [1.82, 2.24) is 5.32 Å². The molecule has 0 saturated heterocycles. The van der Waals surface area contributed by atoms with Crippen LogP contribution in [0.5, 0.6) is 0 Å². The third kappa shape index (κ3) is 1.86. The number of anilines is 1. The monoisotopic (exact) mass is 204 g/mol. The lowest BCUT2D eigenvalue weighted by Gasteiger charge is -2.31. The number of nitrogens with one attached hydrogen (secondary N) is 1. The van der Waals surface area contributed by atoms with Gasteiger partial charge in [0.2, 0.25) is 0 Å². The number of hydrogen-bond acceptors (Lipinski definition) is 2. The molecule has 1 unspecified atom stereocenters. The summed E-state index contributed by atoms with van der Waals surface area (Å²) in [7, 11) is 2.03. The van der Waals surface area contributed by atoms with Crippen LogP contribution in [0.25, 0.3) is 0 Å². The zero-order valence-electron chi connectivity index (χ0n) is 9.83. The molecule has 1 aromatic carbocycles. The predicted octanol–water partition coefficient (Wildman–Crippen LogP) is 2.05. The third-order valence-corrected chi connectivity index (χ3v) is 3.11. The van der Waals surface area contributed by atoms with Crippen LogP contribution in [0.2, 0.25) is 0 Å². The first-order chi connectivity index (χ1) is 7.24. The normalized spacial score (nSPS) is 19.7. The van der Waals surface area contributed by atoms with Crippen molar-refractivity contribution < 1.29 is 0 Å². The van der Waals surface area contributed by atoms with E-state index in [0.29, 0.717) is 12.1 Å². The van der Waals surface area contributed by atoms with Crippen LogP contribution in [0.3, 0.4) is 0 Å². The Kier molecular flexibility index (Phi) is 2.96. The first-order valence-electron chi connectivity index (χ1n) is 5.75. The molecule has 1 heterocycles. The number of likely N-dealkylation sites (N-methyl/N-ethyl adjacent to an activating group) is 1. The van der Waals surface area contributed by atoms with Crippen molar-refractivity contribution in [3.8, 4) is 0 Å². The number of para-hydroxylation sites is 1. The fourth-order valence-electron chi connectivity index (χ4n) is 2.59. The molecule has 1 aliphatic rings. The second kappa shape index (κ2) is 4.23. The predicted molar refractivity (Wildman–Crippen MR) is 65.5 cm³/mol. The standard InChI is InChI=1S/C13H20N2/c1-10(2)15-12(9-14-3)8-11-6-4-5-7-13(11)15/h4-7,10,12,14H,8-9H2,1-3H3. The summed E-state index contributed by atoms with van der Waals surface area (Å²) in [6, 6.07) is 9.96. The Morgan fingerprint density at radius 2 is 2.13 bits per heavy atom. The third-order valence-electron chi connectivity index (χ3n) is 3.11. The zero-order chi connectivity index (χ0) is 10.8. The van der Waals surface area contributed by atoms with Gasteiger partial charge >= 0.3 is 0 Å². The van der Waals surface area contributed by atoms with E-state index in [1.165, 1.54) is 17.7 Å². The lowest BCUT2D eigenvalue weighted by molar-refractivity contribution is 0.544. The molecule has 0 aromatic heterocycles. The first-order valence-corrected chi connectivity index (χ1v) is 5.75. The van der Waals surface area contributed by atoms with Crippen LogP contribution in [-0.4, -0.2) is 25.7 Å². The summed E-state index contributed by atoms with van der Waals surface area (Å²) in [4.78, 5) is 2.53. The van der Waals surface area contributed by atoms with Gasteiger partial charge in [-0.3, -0.25) is 0 Å². The zero-order valence-corrected chi connectivity index (χ0v) is 9.83. The molecule has 0 aliphatic carbocycles. The van der Waals surface area contributed by atoms with E-state index < -0.39 is 0 Å². The molecule has 0 radical (unpaired) electrons. The highest BCUT2D eigenvalue weighted by molar-refractivity contribution is 5.60. The van der Waals surface area contributed by atoms with Crippen LogP contribution in [0, 0.1) is 0 Å². The Hall–Kier alpha value is -1.02. The molecule has 0 bridgehead atoms. The van der Waals surface area contributed by atoms with Gasteiger partial charge in [0.1, 0.15) is 0 Å². The van der Waals surface area contributed by atoms with Crippen LogP contribution in [0.4, 0.5) is 5.69 Å². The summed E-state index contributed by atoms with van der Waals surface area (Å²) >= 11 is 0. The Labute approximate surface area is 92.3 Å². The van der Waals surface area contributed by atoms with Gasteiger partial charge in [-0.25, -0.2) is 0 Å². The van der Waals surface area contributed by atoms with Crippen molar-refractivity contribution in [2.24, 2.45) is 0 Å². The van der Waals surface area contributed by atoms with E-state index in [-0.39, 0.29) is 0 Å². The average molecular weight is 204 g/mol. The lowest BCUT2D eigenvalue weighted by Crippen LogP contribution is -2.43. The highest BCUT2D eigenvalue weighted by atomic mass is 15.2. The molecule has 0 spiro atoms. The maximum Gasteiger partial charge on any atom is 0.0458 e. The van der Waals surface area contributed by atoms with E-state index in [1.807, 2.05) is 7.05 Å². The maximum atomic E-state index is 3.29. The Morgan fingerprint density at radius 3 is 2.80 bits per heavy atom. The Morgan fingerprint density at radius 1 is 1.40 bits per heavy atom. The Bertz CT molecular complexity index is 333. The number of fused-ring (bicyclic) bond motifs is 1. The van der Waals surface area contributed by atoms with Gasteiger partial charge in [0.05, 0.1) is 0 Å². The largest absolute Gasteiger partial charge is 0.364 e. The molecule has 0 fully saturated rings. The molecular weight excluding hydrogens is 184 g/mol. The van der Waals surface area contributed by atoms with E-state index in [4.69, 9.17) is 0 Å². The molecule has 15 heavy (non-hydrogen) atoms. The smallest absolute Gasteiger partial charge is 0.0458 e. The summed E-state index contributed by atoms with van der Waals surface area (Å²) in [5.41, 5.74) is 2.92. The van der Waals surface area contributed by atoms with Gasteiger partial charge in [0.15, 0.2) is 0 Å². The molecule has 1 aliphatic heterocycles. The second-order valence-electron chi connectivity index (χ2n) is 4.55. The van der Waals surface area contributed by atoms with Gasteiger partial charge in [-0.1, -0.05) is 18.2 Å². The molecule has 1 atom stereocenters. The van der Waals surface area contributed by atoms with Crippen LogP contribution < -0.4 is 10.2 Å². The van der Waals surface area contributed by atoms with Gasteiger partial charge in [-0.2, -0.15) is 0 Å². The van der Waals surface area contributed by atoms with E-state index in [9.17, 15) is 0 Å². The van der Waals surface area contributed by atoms with Gasteiger partial charge < -0.3 is 10.2 Å².